The Morgan fingerprint density at radius 3 is 2.58 bits per heavy atom. The molecular weight excluding hydrogens is 240 g/mol. The minimum absolute atomic E-state index is 0.165. The predicted molar refractivity (Wildman–Crippen MR) is 74.7 cm³/mol. The summed E-state index contributed by atoms with van der Waals surface area (Å²) in [5, 5.41) is 4.02. The third-order valence-electron chi connectivity index (χ3n) is 3.82. The van der Waals surface area contributed by atoms with Gasteiger partial charge < -0.3 is 15.2 Å². The molecule has 0 bridgehead atoms. The molecule has 1 aromatic heterocycles. The Bertz CT molecular complexity index is 369. The molecule has 0 saturated heterocycles. The zero-order valence-electron chi connectivity index (χ0n) is 12.1. The Morgan fingerprint density at radius 1 is 1.26 bits per heavy atom. The third kappa shape index (κ3) is 4.58. The van der Waals surface area contributed by atoms with E-state index in [1.807, 2.05) is 19.0 Å². The molecular formula is C14H26N4O. The fourth-order valence-corrected chi connectivity index (χ4v) is 2.79. The second-order valence-electron chi connectivity index (χ2n) is 5.98. The molecule has 1 fully saturated rings. The average molecular weight is 266 g/mol. The van der Waals surface area contributed by atoms with Gasteiger partial charge in [0.25, 0.3) is 0 Å². The van der Waals surface area contributed by atoms with Crippen LogP contribution in [0.3, 0.4) is 0 Å². The number of aromatic nitrogens is 2. The van der Waals surface area contributed by atoms with Crippen molar-refractivity contribution in [2.45, 2.75) is 51.0 Å². The molecule has 1 aliphatic rings. The van der Waals surface area contributed by atoms with E-state index in [1.54, 1.807) is 0 Å². The van der Waals surface area contributed by atoms with Gasteiger partial charge in [0, 0.05) is 13.0 Å². The van der Waals surface area contributed by atoms with Gasteiger partial charge in [-0.25, -0.2) is 0 Å². The SMILES string of the molecule is CN(C)CC(N)c1noc(CC2CCCCCC2)n1. The van der Waals surface area contributed by atoms with Crippen molar-refractivity contribution >= 4 is 0 Å². The number of likely N-dealkylation sites (N-methyl/N-ethyl adjacent to an activating group) is 1. The Hall–Kier alpha value is -0.940. The molecule has 1 aromatic rings. The van der Waals surface area contributed by atoms with Gasteiger partial charge in [-0.3, -0.25) is 0 Å². The fourth-order valence-electron chi connectivity index (χ4n) is 2.79. The second-order valence-corrected chi connectivity index (χ2v) is 5.98. The summed E-state index contributed by atoms with van der Waals surface area (Å²) in [6.45, 7) is 0.738. The zero-order chi connectivity index (χ0) is 13.7. The Kier molecular flexibility index (Phi) is 5.34. The lowest BCUT2D eigenvalue weighted by Gasteiger charge is -2.13. The first-order valence-electron chi connectivity index (χ1n) is 7.38. The van der Waals surface area contributed by atoms with E-state index in [0.29, 0.717) is 11.7 Å². The van der Waals surface area contributed by atoms with E-state index in [1.165, 1.54) is 38.5 Å². The van der Waals surface area contributed by atoms with Gasteiger partial charge in [0.05, 0.1) is 6.04 Å². The molecule has 5 heteroatoms. The van der Waals surface area contributed by atoms with E-state index >= 15 is 0 Å². The van der Waals surface area contributed by atoms with E-state index in [2.05, 4.69) is 10.1 Å². The van der Waals surface area contributed by atoms with Crippen LogP contribution in [0, 0.1) is 5.92 Å². The second kappa shape index (κ2) is 7.01. The average Bonchev–Trinajstić information content (AvgIpc) is 2.65. The van der Waals surface area contributed by atoms with Crippen LogP contribution in [0.1, 0.15) is 56.3 Å². The maximum Gasteiger partial charge on any atom is 0.226 e. The number of rotatable bonds is 5. The molecule has 0 aliphatic heterocycles. The Labute approximate surface area is 115 Å². The normalized spacial score (nSPS) is 19.6. The molecule has 0 aromatic carbocycles. The van der Waals surface area contributed by atoms with E-state index < -0.39 is 0 Å². The van der Waals surface area contributed by atoms with E-state index in [4.69, 9.17) is 10.3 Å². The molecule has 5 nitrogen and oxygen atoms in total. The molecule has 1 unspecified atom stereocenters. The summed E-state index contributed by atoms with van der Waals surface area (Å²) in [6, 6.07) is -0.165. The third-order valence-corrected chi connectivity index (χ3v) is 3.82. The van der Waals surface area contributed by atoms with Crippen LogP contribution in [0.4, 0.5) is 0 Å². The lowest BCUT2D eigenvalue weighted by atomic mass is 9.97. The van der Waals surface area contributed by atoms with Crippen LogP contribution < -0.4 is 5.73 Å². The Morgan fingerprint density at radius 2 is 1.95 bits per heavy atom. The molecule has 2 rings (SSSR count). The first-order valence-corrected chi connectivity index (χ1v) is 7.38. The van der Waals surface area contributed by atoms with Crippen molar-refractivity contribution in [2.75, 3.05) is 20.6 Å². The zero-order valence-corrected chi connectivity index (χ0v) is 12.1. The molecule has 19 heavy (non-hydrogen) atoms. The summed E-state index contributed by atoms with van der Waals surface area (Å²) in [4.78, 5) is 6.49. The fraction of sp³-hybridized carbons (Fsp3) is 0.857. The van der Waals surface area contributed by atoms with E-state index in [9.17, 15) is 0 Å². The number of hydrogen-bond acceptors (Lipinski definition) is 5. The van der Waals surface area contributed by atoms with Crippen LogP contribution in [-0.4, -0.2) is 35.7 Å². The maximum atomic E-state index is 6.04. The maximum absolute atomic E-state index is 6.04. The number of hydrogen-bond donors (Lipinski definition) is 1. The molecule has 0 radical (unpaired) electrons. The number of nitrogens with zero attached hydrogens (tertiary/aromatic N) is 3. The molecule has 1 saturated carbocycles. The molecule has 1 atom stereocenters. The van der Waals surface area contributed by atoms with Crippen LogP contribution in [0.25, 0.3) is 0 Å². The summed E-state index contributed by atoms with van der Waals surface area (Å²) in [7, 11) is 3.98. The van der Waals surface area contributed by atoms with E-state index in [0.717, 1.165) is 18.9 Å². The topological polar surface area (TPSA) is 68.2 Å². The van der Waals surface area contributed by atoms with Crippen LogP contribution in [-0.2, 0) is 6.42 Å². The van der Waals surface area contributed by atoms with E-state index in [-0.39, 0.29) is 6.04 Å². The molecule has 1 heterocycles. The molecule has 2 N–H and O–H groups in total. The summed E-state index contributed by atoms with van der Waals surface area (Å²) in [5.41, 5.74) is 6.04. The predicted octanol–water partition coefficient (Wildman–Crippen LogP) is 2.14. The lowest BCUT2D eigenvalue weighted by Crippen LogP contribution is -2.26. The summed E-state index contributed by atoms with van der Waals surface area (Å²) in [6.07, 6.45) is 8.93. The van der Waals surface area contributed by atoms with Gasteiger partial charge in [-0.05, 0) is 32.9 Å². The highest BCUT2D eigenvalue weighted by molar-refractivity contribution is 4.94. The quantitative estimate of drug-likeness (QED) is 0.827. The summed E-state index contributed by atoms with van der Waals surface area (Å²) >= 11 is 0. The van der Waals surface area contributed by atoms with Crippen molar-refractivity contribution in [3.63, 3.8) is 0 Å². The number of nitrogens with two attached hydrogens (primary N) is 1. The van der Waals surface area contributed by atoms with Crippen molar-refractivity contribution in [3.8, 4) is 0 Å². The van der Waals surface area contributed by atoms with Gasteiger partial charge in [-0.1, -0.05) is 30.8 Å². The molecule has 0 amide bonds. The highest BCUT2D eigenvalue weighted by Crippen LogP contribution is 2.25. The minimum Gasteiger partial charge on any atom is -0.339 e. The standard InChI is InChI=1S/C14H26N4O/c1-18(2)10-12(15)14-16-13(19-17-14)9-11-7-5-3-4-6-8-11/h11-12H,3-10,15H2,1-2H3. The van der Waals surface area contributed by atoms with Crippen molar-refractivity contribution in [1.29, 1.82) is 0 Å². The van der Waals surface area contributed by atoms with Crippen LogP contribution in [0.15, 0.2) is 4.52 Å². The summed E-state index contributed by atoms with van der Waals surface area (Å²) < 4.78 is 5.35. The van der Waals surface area contributed by atoms with Crippen LogP contribution >= 0.6 is 0 Å². The van der Waals surface area contributed by atoms with Crippen molar-refractivity contribution in [2.24, 2.45) is 11.7 Å². The minimum atomic E-state index is -0.165. The van der Waals surface area contributed by atoms with Gasteiger partial charge in [0.2, 0.25) is 5.89 Å². The first kappa shape index (κ1) is 14.5. The van der Waals surface area contributed by atoms with Gasteiger partial charge >= 0.3 is 0 Å². The highest BCUT2D eigenvalue weighted by atomic mass is 16.5. The van der Waals surface area contributed by atoms with Crippen molar-refractivity contribution in [3.05, 3.63) is 11.7 Å². The monoisotopic (exact) mass is 266 g/mol. The summed E-state index contributed by atoms with van der Waals surface area (Å²) in [5.74, 6) is 2.11. The Balaban J connectivity index is 1.89. The largest absolute Gasteiger partial charge is 0.339 e. The highest BCUT2D eigenvalue weighted by Gasteiger charge is 2.19. The smallest absolute Gasteiger partial charge is 0.226 e. The van der Waals surface area contributed by atoms with Crippen molar-refractivity contribution < 1.29 is 4.52 Å². The molecule has 108 valence electrons. The first-order chi connectivity index (χ1) is 9.15. The van der Waals surface area contributed by atoms with Gasteiger partial charge in [-0.2, -0.15) is 4.98 Å². The lowest BCUT2D eigenvalue weighted by molar-refractivity contribution is 0.327. The molecule has 1 aliphatic carbocycles. The van der Waals surface area contributed by atoms with Crippen LogP contribution in [0.2, 0.25) is 0 Å². The van der Waals surface area contributed by atoms with Crippen LogP contribution in [0.5, 0.6) is 0 Å². The van der Waals surface area contributed by atoms with Crippen molar-refractivity contribution in [1.82, 2.24) is 15.0 Å². The van der Waals surface area contributed by atoms with Gasteiger partial charge in [0.1, 0.15) is 0 Å². The van der Waals surface area contributed by atoms with Gasteiger partial charge in [0.15, 0.2) is 5.82 Å². The van der Waals surface area contributed by atoms with Gasteiger partial charge in [-0.15, -0.1) is 0 Å². The molecule has 0 spiro atoms.